The number of hydrogen-bond acceptors (Lipinski definition) is 6. The van der Waals surface area contributed by atoms with Crippen molar-refractivity contribution in [3.63, 3.8) is 0 Å². The van der Waals surface area contributed by atoms with Crippen molar-refractivity contribution in [1.29, 1.82) is 0 Å². The van der Waals surface area contributed by atoms with E-state index in [1.165, 1.54) is 0 Å². The second-order valence-corrected chi connectivity index (χ2v) is 11.1. The molecule has 0 aliphatic carbocycles. The fraction of sp³-hybridized carbons (Fsp3) is 0.370. The van der Waals surface area contributed by atoms with E-state index in [1.807, 2.05) is 48.5 Å². The summed E-state index contributed by atoms with van der Waals surface area (Å²) in [6.07, 6.45) is 5.58. The SMILES string of the molecule is CS(=O)(=O)Nc1ccccc1OCCCN1CCC(OC(c2ccc(Cl)cc2)c2ccccn2)CC1. The molecule has 1 N–H and O–H groups in total. The van der Waals surface area contributed by atoms with Crippen LogP contribution in [0.3, 0.4) is 0 Å². The quantitative estimate of drug-likeness (QED) is 0.346. The van der Waals surface area contributed by atoms with Crippen LogP contribution in [0.15, 0.2) is 72.9 Å². The van der Waals surface area contributed by atoms with Crippen LogP contribution in [-0.2, 0) is 14.8 Å². The van der Waals surface area contributed by atoms with Crippen molar-refractivity contribution in [2.45, 2.75) is 31.5 Å². The van der Waals surface area contributed by atoms with Gasteiger partial charge in [-0.2, -0.15) is 0 Å². The smallest absolute Gasteiger partial charge is 0.229 e. The van der Waals surface area contributed by atoms with E-state index in [2.05, 4.69) is 14.6 Å². The lowest BCUT2D eigenvalue weighted by molar-refractivity contribution is -0.0288. The molecule has 0 radical (unpaired) electrons. The summed E-state index contributed by atoms with van der Waals surface area (Å²) in [5.41, 5.74) is 2.40. The van der Waals surface area contributed by atoms with Gasteiger partial charge < -0.3 is 14.4 Å². The van der Waals surface area contributed by atoms with Crippen LogP contribution >= 0.6 is 11.6 Å². The normalized spacial score (nSPS) is 15.9. The van der Waals surface area contributed by atoms with Gasteiger partial charge in [0.25, 0.3) is 0 Å². The van der Waals surface area contributed by atoms with E-state index in [0.717, 1.165) is 56.4 Å². The summed E-state index contributed by atoms with van der Waals surface area (Å²) >= 11 is 6.09. The predicted octanol–water partition coefficient (Wildman–Crippen LogP) is 5.15. The summed E-state index contributed by atoms with van der Waals surface area (Å²) in [7, 11) is -3.36. The molecule has 1 aliphatic rings. The van der Waals surface area contributed by atoms with Crippen LogP contribution < -0.4 is 9.46 Å². The standard InChI is InChI=1S/C27H32ClN3O4S/c1-36(32,33)30-24-7-2-3-9-26(24)34-20-6-17-31-18-14-23(15-19-31)35-27(25-8-4-5-16-29-25)21-10-12-22(28)13-11-21/h2-5,7-13,16,23,27,30H,6,14-15,17-20H2,1H3. The van der Waals surface area contributed by atoms with Gasteiger partial charge >= 0.3 is 0 Å². The van der Waals surface area contributed by atoms with E-state index in [-0.39, 0.29) is 12.2 Å². The Labute approximate surface area is 218 Å². The fourth-order valence-corrected chi connectivity index (χ4v) is 4.99. The third-order valence-electron chi connectivity index (χ3n) is 6.05. The van der Waals surface area contributed by atoms with Gasteiger partial charge in [-0.05, 0) is 61.2 Å². The number of piperidine rings is 1. The Morgan fingerprint density at radius 1 is 1.06 bits per heavy atom. The maximum Gasteiger partial charge on any atom is 0.229 e. The number of benzene rings is 2. The van der Waals surface area contributed by atoms with Crippen molar-refractivity contribution >= 4 is 27.3 Å². The number of likely N-dealkylation sites (tertiary alicyclic amines) is 1. The number of ether oxygens (including phenoxy) is 2. The minimum Gasteiger partial charge on any atom is -0.491 e. The molecular formula is C27H32ClN3O4S. The molecule has 3 aromatic rings. The molecule has 1 aromatic heterocycles. The first-order chi connectivity index (χ1) is 17.4. The van der Waals surface area contributed by atoms with Gasteiger partial charge in [0.1, 0.15) is 11.9 Å². The lowest BCUT2D eigenvalue weighted by Gasteiger charge is -2.34. The van der Waals surface area contributed by atoms with Gasteiger partial charge in [0.2, 0.25) is 10.0 Å². The molecule has 36 heavy (non-hydrogen) atoms. The number of rotatable bonds is 11. The van der Waals surface area contributed by atoms with Crippen molar-refractivity contribution in [2.75, 3.05) is 37.2 Å². The van der Waals surface area contributed by atoms with E-state index in [0.29, 0.717) is 23.1 Å². The molecule has 0 spiro atoms. The molecule has 1 unspecified atom stereocenters. The molecule has 0 amide bonds. The summed E-state index contributed by atoms with van der Waals surface area (Å²) in [6.45, 7) is 3.32. The molecule has 0 bridgehead atoms. The van der Waals surface area contributed by atoms with Crippen molar-refractivity contribution in [3.05, 3.63) is 89.2 Å². The van der Waals surface area contributed by atoms with E-state index < -0.39 is 10.0 Å². The summed E-state index contributed by atoms with van der Waals surface area (Å²) in [5, 5.41) is 0.700. The van der Waals surface area contributed by atoms with E-state index in [9.17, 15) is 8.42 Å². The molecule has 1 atom stereocenters. The van der Waals surface area contributed by atoms with Crippen molar-refractivity contribution in [2.24, 2.45) is 0 Å². The number of pyridine rings is 1. The highest BCUT2D eigenvalue weighted by Crippen LogP contribution is 2.30. The maximum absolute atomic E-state index is 11.6. The van der Waals surface area contributed by atoms with Gasteiger partial charge in [-0.3, -0.25) is 9.71 Å². The Bertz CT molecular complexity index is 1200. The Morgan fingerprint density at radius 2 is 1.78 bits per heavy atom. The molecule has 0 saturated carbocycles. The predicted molar refractivity (Wildman–Crippen MR) is 143 cm³/mol. The molecule has 2 heterocycles. The number of halogens is 1. The van der Waals surface area contributed by atoms with Crippen LogP contribution in [-0.4, -0.2) is 56.9 Å². The second kappa shape index (κ2) is 12.5. The number of anilines is 1. The lowest BCUT2D eigenvalue weighted by atomic mass is 10.0. The van der Waals surface area contributed by atoms with Crippen molar-refractivity contribution in [3.8, 4) is 5.75 Å². The highest BCUT2D eigenvalue weighted by atomic mass is 35.5. The fourth-order valence-electron chi connectivity index (χ4n) is 4.30. The lowest BCUT2D eigenvalue weighted by Crippen LogP contribution is -2.38. The number of hydrogen-bond donors (Lipinski definition) is 1. The zero-order valence-corrected chi connectivity index (χ0v) is 21.9. The third-order valence-corrected chi connectivity index (χ3v) is 6.89. The largest absolute Gasteiger partial charge is 0.491 e. The molecule has 4 rings (SSSR count). The third kappa shape index (κ3) is 7.93. The number of sulfonamides is 1. The van der Waals surface area contributed by atoms with Gasteiger partial charge in [-0.1, -0.05) is 41.9 Å². The first-order valence-corrected chi connectivity index (χ1v) is 14.4. The molecule has 1 saturated heterocycles. The van der Waals surface area contributed by atoms with Gasteiger partial charge in [-0.15, -0.1) is 0 Å². The topological polar surface area (TPSA) is 80.8 Å². The molecule has 1 fully saturated rings. The highest BCUT2D eigenvalue weighted by molar-refractivity contribution is 7.92. The average Bonchev–Trinajstić information content (AvgIpc) is 2.87. The first kappa shape index (κ1) is 26.4. The van der Waals surface area contributed by atoms with Crippen LogP contribution in [0.1, 0.15) is 36.6 Å². The number of aromatic nitrogens is 1. The first-order valence-electron chi connectivity index (χ1n) is 12.1. The Morgan fingerprint density at radius 3 is 2.47 bits per heavy atom. The molecule has 1 aliphatic heterocycles. The summed E-state index contributed by atoms with van der Waals surface area (Å²) in [5.74, 6) is 0.540. The van der Waals surface area contributed by atoms with E-state index in [4.69, 9.17) is 21.1 Å². The summed E-state index contributed by atoms with van der Waals surface area (Å²) in [6, 6.07) is 20.7. The molecular weight excluding hydrogens is 498 g/mol. The number of nitrogens with one attached hydrogen (secondary N) is 1. The van der Waals surface area contributed by atoms with Crippen LogP contribution in [0.5, 0.6) is 5.75 Å². The van der Waals surface area contributed by atoms with Crippen LogP contribution in [0, 0.1) is 0 Å². The zero-order valence-electron chi connectivity index (χ0n) is 20.3. The van der Waals surface area contributed by atoms with Gasteiger partial charge in [-0.25, -0.2) is 8.42 Å². The molecule has 7 nitrogen and oxygen atoms in total. The Balaban J connectivity index is 1.25. The van der Waals surface area contributed by atoms with Gasteiger partial charge in [0.05, 0.1) is 30.3 Å². The molecule has 9 heteroatoms. The summed E-state index contributed by atoms with van der Waals surface area (Å²) in [4.78, 5) is 6.96. The van der Waals surface area contributed by atoms with E-state index >= 15 is 0 Å². The van der Waals surface area contributed by atoms with E-state index in [1.54, 1.807) is 24.4 Å². The monoisotopic (exact) mass is 529 g/mol. The Hall–Kier alpha value is -2.65. The number of para-hydroxylation sites is 2. The van der Waals surface area contributed by atoms with Gasteiger partial charge in [0, 0.05) is 30.9 Å². The molecule has 192 valence electrons. The molecule has 2 aromatic carbocycles. The van der Waals surface area contributed by atoms with Gasteiger partial charge in [0.15, 0.2) is 0 Å². The van der Waals surface area contributed by atoms with Crippen LogP contribution in [0.4, 0.5) is 5.69 Å². The summed E-state index contributed by atoms with van der Waals surface area (Å²) < 4.78 is 38.1. The minimum absolute atomic E-state index is 0.147. The zero-order chi connectivity index (χ0) is 25.4. The Kier molecular flexibility index (Phi) is 9.20. The maximum atomic E-state index is 11.6. The average molecular weight is 530 g/mol. The number of nitrogens with zero attached hydrogens (tertiary/aromatic N) is 2. The van der Waals surface area contributed by atoms with Crippen LogP contribution in [0.25, 0.3) is 0 Å². The van der Waals surface area contributed by atoms with Crippen molar-refractivity contribution < 1.29 is 17.9 Å². The van der Waals surface area contributed by atoms with Crippen molar-refractivity contribution in [1.82, 2.24) is 9.88 Å². The second-order valence-electron chi connectivity index (χ2n) is 8.94. The minimum atomic E-state index is -3.36. The van der Waals surface area contributed by atoms with Crippen LogP contribution in [0.2, 0.25) is 5.02 Å². The highest BCUT2D eigenvalue weighted by Gasteiger charge is 2.25.